The van der Waals surface area contributed by atoms with E-state index in [1.54, 1.807) is 0 Å². The molecule has 69 valence electrons. The Morgan fingerprint density at radius 3 is 2.83 bits per heavy atom. The van der Waals surface area contributed by atoms with Crippen LogP contribution in [0.15, 0.2) is 6.08 Å². The van der Waals surface area contributed by atoms with Crippen LogP contribution >= 0.6 is 0 Å². The van der Waals surface area contributed by atoms with Gasteiger partial charge in [-0.25, -0.2) is 0 Å². The van der Waals surface area contributed by atoms with Crippen LogP contribution in [0.2, 0.25) is 0 Å². The van der Waals surface area contributed by atoms with Crippen molar-refractivity contribution in [3.05, 3.63) is 12.2 Å². The monoisotopic (exact) mass is 165 g/mol. The predicted molar refractivity (Wildman–Crippen MR) is 53.9 cm³/mol. The molecule has 0 aliphatic heterocycles. The minimum Gasteiger partial charge on any atom is -0.0810 e. The summed E-state index contributed by atoms with van der Waals surface area (Å²) in [5.74, 6) is 0.932. The lowest BCUT2D eigenvalue weighted by Crippen LogP contribution is -1.93. The maximum Gasteiger partial charge on any atom is -0.0279 e. The normalized spacial score (nSPS) is 30.6. The Kier molecular flexibility index (Phi) is 5.14. The van der Waals surface area contributed by atoms with Crippen molar-refractivity contribution >= 4 is 0 Å². The van der Waals surface area contributed by atoms with Crippen molar-refractivity contribution in [2.24, 2.45) is 5.92 Å². The van der Waals surface area contributed by atoms with Crippen molar-refractivity contribution in [3.8, 4) is 0 Å². The molecular weight excluding hydrogens is 144 g/mol. The maximum absolute atomic E-state index is 3.38. The summed E-state index contributed by atoms with van der Waals surface area (Å²) in [6.07, 6.45) is 16.5. The smallest absolute Gasteiger partial charge is 0.0279 e. The van der Waals surface area contributed by atoms with E-state index in [2.05, 4.69) is 19.1 Å². The van der Waals surface area contributed by atoms with E-state index in [4.69, 9.17) is 0 Å². The molecule has 1 radical (unpaired) electrons. The third kappa shape index (κ3) is 4.58. The molecule has 0 nitrogen and oxygen atoms in total. The van der Waals surface area contributed by atoms with Crippen LogP contribution in [-0.2, 0) is 0 Å². The second-order valence-corrected chi connectivity index (χ2v) is 4.04. The van der Waals surface area contributed by atoms with Gasteiger partial charge in [-0.1, -0.05) is 38.7 Å². The topological polar surface area (TPSA) is 0 Å². The lowest BCUT2D eigenvalue weighted by Gasteiger charge is -2.08. The minimum absolute atomic E-state index is 0.932. The first-order chi connectivity index (χ1) is 5.89. The van der Waals surface area contributed by atoms with Crippen molar-refractivity contribution in [2.45, 2.75) is 58.3 Å². The first kappa shape index (κ1) is 9.83. The molecule has 12 heavy (non-hydrogen) atoms. The van der Waals surface area contributed by atoms with Gasteiger partial charge in [0.05, 0.1) is 0 Å². The third-order valence-corrected chi connectivity index (χ3v) is 2.72. The molecule has 0 aromatic heterocycles. The zero-order valence-corrected chi connectivity index (χ0v) is 8.31. The summed E-state index contributed by atoms with van der Waals surface area (Å²) in [7, 11) is 0. The molecule has 1 aliphatic carbocycles. The minimum atomic E-state index is 0.932. The molecule has 0 heteroatoms. The van der Waals surface area contributed by atoms with Crippen LogP contribution in [0.25, 0.3) is 0 Å². The van der Waals surface area contributed by atoms with Crippen LogP contribution in [0.3, 0.4) is 0 Å². The van der Waals surface area contributed by atoms with Crippen LogP contribution in [0.5, 0.6) is 0 Å². The van der Waals surface area contributed by atoms with Gasteiger partial charge in [0.15, 0.2) is 0 Å². The van der Waals surface area contributed by atoms with Gasteiger partial charge in [-0.15, -0.1) is 0 Å². The zero-order valence-electron chi connectivity index (χ0n) is 8.31. The zero-order chi connectivity index (χ0) is 8.65. The Morgan fingerprint density at radius 1 is 1.08 bits per heavy atom. The van der Waals surface area contributed by atoms with Crippen LogP contribution in [0.4, 0.5) is 0 Å². The quantitative estimate of drug-likeness (QED) is 0.506. The largest absolute Gasteiger partial charge is 0.0810 e. The molecule has 1 atom stereocenters. The number of allylic oxidation sites excluding steroid dienone is 2. The van der Waals surface area contributed by atoms with Crippen LogP contribution in [0, 0.1) is 12.0 Å². The number of rotatable bonds is 0. The highest BCUT2D eigenvalue weighted by molar-refractivity contribution is 4.75. The Hall–Kier alpha value is -0.260. The number of hydrogen-bond acceptors (Lipinski definition) is 0. The molecular formula is C12H21. The van der Waals surface area contributed by atoms with E-state index < -0.39 is 0 Å². The Labute approximate surface area is 77.1 Å². The standard InChI is InChI=1S/C12H21/c1-12-10-8-6-4-2-3-5-7-9-11-12/h7,12H,2-4,6,8-11H2,1H3. The number of hydrogen-bond donors (Lipinski definition) is 0. The fourth-order valence-electron chi connectivity index (χ4n) is 1.79. The van der Waals surface area contributed by atoms with E-state index in [9.17, 15) is 0 Å². The van der Waals surface area contributed by atoms with E-state index in [1.807, 2.05) is 0 Å². The van der Waals surface area contributed by atoms with Gasteiger partial charge in [0, 0.05) is 0 Å². The molecule has 0 aromatic carbocycles. The first-order valence-corrected chi connectivity index (χ1v) is 5.44. The van der Waals surface area contributed by atoms with Crippen LogP contribution in [-0.4, -0.2) is 0 Å². The lowest BCUT2D eigenvalue weighted by atomic mass is 9.98. The average Bonchev–Trinajstić information content (AvgIpc) is 2.11. The lowest BCUT2D eigenvalue weighted by molar-refractivity contribution is 0.464. The molecule has 0 amide bonds. The first-order valence-electron chi connectivity index (χ1n) is 5.44. The summed E-state index contributed by atoms with van der Waals surface area (Å²) in [5, 5.41) is 0. The molecule has 1 aliphatic rings. The Balaban J connectivity index is 2.22. The van der Waals surface area contributed by atoms with Crippen molar-refractivity contribution in [2.75, 3.05) is 0 Å². The van der Waals surface area contributed by atoms with E-state index in [0.29, 0.717) is 0 Å². The molecule has 0 saturated carbocycles. The summed E-state index contributed by atoms with van der Waals surface area (Å²) < 4.78 is 0. The van der Waals surface area contributed by atoms with Gasteiger partial charge >= 0.3 is 0 Å². The van der Waals surface area contributed by atoms with Crippen molar-refractivity contribution in [3.63, 3.8) is 0 Å². The fraction of sp³-hybridized carbons (Fsp3) is 0.833. The summed E-state index contributed by atoms with van der Waals surface area (Å²) in [6, 6.07) is 0. The highest BCUT2D eigenvalue weighted by Gasteiger charge is 2.01. The molecule has 0 aromatic rings. The van der Waals surface area contributed by atoms with Gasteiger partial charge in [0.2, 0.25) is 0 Å². The summed E-state index contributed by atoms with van der Waals surface area (Å²) in [4.78, 5) is 0. The molecule has 0 N–H and O–H groups in total. The second-order valence-electron chi connectivity index (χ2n) is 4.04. The van der Waals surface area contributed by atoms with E-state index in [1.165, 1.54) is 51.4 Å². The molecule has 0 spiro atoms. The molecule has 0 bridgehead atoms. The van der Waals surface area contributed by atoms with Crippen molar-refractivity contribution in [1.82, 2.24) is 0 Å². The SMILES string of the molecule is CC1CC/C=[C]\CCCCCC1. The summed E-state index contributed by atoms with van der Waals surface area (Å²) in [6.45, 7) is 2.38. The fourth-order valence-corrected chi connectivity index (χ4v) is 1.79. The van der Waals surface area contributed by atoms with Crippen molar-refractivity contribution in [1.29, 1.82) is 0 Å². The maximum atomic E-state index is 3.38. The van der Waals surface area contributed by atoms with E-state index in [0.717, 1.165) is 5.92 Å². The van der Waals surface area contributed by atoms with Gasteiger partial charge < -0.3 is 0 Å². The van der Waals surface area contributed by atoms with E-state index >= 15 is 0 Å². The average molecular weight is 165 g/mol. The van der Waals surface area contributed by atoms with Crippen LogP contribution in [0.1, 0.15) is 58.3 Å². The summed E-state index contributed by atoms with van der Waals surface area (Å²) >= 11 is 0. The predicted octanol–water partition coefficient (Wildman–Crippen LogP) is 4.12. The van der Waals surface area contributed by atoms with Crippen molar-refractivity contribution < 1.29 is 0 Å². The molecule has 0 fully saturated rings. The van der Waals surface area contributed by atoms with Gasteiger partial charge in [0.1, 0.15) is 0 Å². The molecule has 1 rings (SSSR count). The molecule has 0 saturated heterocycles. The highest BCUT2D eigenvalue weighted by atomic mass is 14.1. The Bertz CT molecular complexity index is 124. The third-order valence-electron chi connectivity index (χ3n) is 2.72. The van der Waals surface area contributed by atoms with Crippen LogP contribution < -0.4 is 0 Å². The molecule has 1 unspecified atom stereocenters. The molecule has 0 heterocycles. The van der Waals surface area contributed by atoms with Gasteiger partial charge in [-0.2, -0.15) is 0 Å². The van der Waals surface area contributed by atoms with E-state index in [-0.39, 0.29) is 0 Å². The van der Waals surface area contributed by atoms with Gasteiger partial charge in [-0.05, 0) is 37.7 Å². The Morgan fingerprint density at radius 2 is 1.92 bits per heavy atom. The second kappa shape index (κ2) is 6.28. The van der Waals surface area contributed by atoms with Gasteiger partial charge in [-0.3, -0.25) is 0 Å². The summed E-state index contributed by atoms with van der Waals surface area (Å²) in [5.41, 5.74) is 0. The van der Waals surface area contributed by atoms with Gasteiger partial charge in [0.25, 0.3) is 0 Å². The highest BCUT2D eigenvalue weighted by Crippen LogP contribution is 2.17.